The molecule has 0 aliphatic heterocycles. The van der Waals surface area contributed by atoms with E-state index in [0.29, 0.717) is 11.4 Å². The number of nitrogens with one attached hydrogen (secondary N) is 1. The number of H-pyrrole nitrogens is 1. The van der Waals surface area contributed by atoms with Crippen molar-refractivity contribution in [3.8, 4) is 0 Å². The molecule has 21 heavy (non-hydrogen) atoms. The number of rotatable bonds is 3. The molecule has 4 nitrogen and oxygen atoms in total. The molecule has 0 aliphatic carbocycles. The molecule has 0 saturated heterocycles. The molecule has 2 aromatic rings. The fraction of sp³-hybridized carbons (Fsp3) is 0.214. The van der Waals surface area contributed by atoms with Gasteiger partial charge in [0.2, 0.25) is 5.82 Å². The van der Waals surface area contributed by atoms with Gasteiger partial charge in [-0.2, -0.15) is 4.39 Å². The lowest BCUT2D eigenvalue weighted by Crippen LogP contribution is -2.37. The lowest BCUT2D eigenvalue weighted by Gasteiger charge is -2.14. The van der Waals surface area contributed by atoms with Crippen LogP contribution in [0.4, 0.5) is 4.39 Å². The normalized spacial score (nSPS) is 12.1. The van der Waals surface area contributed by atoms with Gasteiger partial charge in [-0.15, -0.1) is 0 Å². The van der Waals surface area contributed by atoms with Gasteiger partial charge in [-0.1, -0.05) is 42.9 Å². The maximum Gasteiger partial charge on any atom is 0.333 e. The van der Waals surface area contributed by atoms with Crippen molar-refractivity contribution in [2.24, 2.45) is 5.92 Å². The number of halogens is 2. The number of aromatic amines is 1. The van der Waals surface area contributed by atoms with Crippen LogP contribution in [0.2, 0.25) is 5.02 Å². The Morgan fingerprint density at radius 1 is 1.38 bits per heavy atom. The van der Waals surface area contributed by atoms with Gasteiger partial charge in [-0.05, 0) is 24.1 Å². The van der Waals surface area contributed by atoms with Gasteiger partial charge < -0.3 is 0 Å². The number of hydrogen-bond donors (Lipinski definition) is 1. The highest BCUT2D eigenvalue weighted by Crippen LogP contribution is 2.14. The summed E-state index contributed by atoms with van der Waals surface area (Å²) < 4.78 is 14.2. The molecule has 0 spiro atoms. The van der Waals surface area contributed by atoms with E-state index in [0.717, 1.165) is 16.3 Å². The minimum absolute atomic E-state index is 0.191. The average Bonchev–Trinajstić information content (AvgIpc) is 2.44. The van der Waals surface area contributed by atoms with Gasteiger partial charge in [-0.3, -0.25) is 14.3 Å². The highest BCUT2D eigenvalue weighted by molar-refractivity contribution is 7.80. The molecule has 0 fully saturated rings. The topological polar surface area (TPSA) is 54.9 Å². The van der Waals surface area contributed by atoms with Crippen molar-refractivity contribution >= 4 is 28.8 Å². The number of benzene rings is 1. The summed E-state index contributed by atoms with van der Waals surface area (Å²) in [6.07, 6.45) is 1.39. The second-order valence-electron chi connectivity index (χ2n) is 4.68. The molecule has 1 aromatic carbocycles. The molecule has 110 valence electrons. The van der Waals surface area contributed by atoms with Crippen LogP contribution in [0.1, 0.15) is 12.5 Å². The van der Waals surface area contributed by atoms with Gasteiger partial charge in [0.15, 0.2) is 0 Å². The second kappa shape index (κ2) is 6.32. The minimum Gasteiger partial charge on any atom is -0.271 e. The van der Waals surface area contributed by atoms with Gasteiger partial charge in [0.05, 0.1) is 11.2 Å². The third-order valence-corrected chi connectivity index (χ3v) is 3.86. The monoisotopic (exact) mass is 326 g/mol. The Balaban J connectivity index is 2.23. The lowest BCUT2D eigenvalue weighted by molar-refractivity contribution is 0.587. The first-order chi connectivity index (χ1) is 9.88. The third kappa shape index (κ3) is 3.65. The second-order valence-corrected chi connectivity index (χ2v) is 5.53. The zero-order valence-electron chi connectivity index (χ0n) is 11.1. The smallest absolute Gasteiger partial charge is 0.271 e. The van der Waals surface area contributed by atoms with Gasteiger partial charge in [0.25, 0.3) is 5.56 Å². The zero-order valence-corrected chi connectivity index (χ0v) is 12.7. The summed E-state index contributed by atoms with van der Waals surface area (Å²) in [6.45, 7) is 1.83. The fourth-order valence-corrected chi connectivity index (χ4v) is 2.26. The molecule has 1 heterocycles. The van der Waals surface area contributed by atoms with Crippen LogP contribution >= 0.6 is 23.8 Å². The number of thiocarbonyl (C=S) groups is 1. The first-order valence-corrected chi connectivity index (χ1v) is 6.97. The molecular formula is C14H12ClFN2O2S. The molecule has 1 unspecified atom stereocenters. The zero-order chi connectivity index (χ0) is 15.6. The SMILES string of the molecule is CC(Cc1ccc(Cl)cc1)C(=S)n1cc(F)c(=O)[nH]c1=O. The van der Waals surface area contributed by atoms with Crippen LogP contribution in [-0.2, 0) is 6.42 Å². The third-order valence-electron chi connectivity index (χ3n) is 3.01. The van der Waals surface area contributed by atoms with Crippen LogP contribution in [0.5, 0.6) is 0 Å². The predicted octanol–water partition coefficient (Wildman–Crippen LogP) is 2.38. The van der Waals surface area contributed by atoms with Crippen LogP contribution in [0, 0.1) is 11.7 Å². The van der Waals surface area contributed by atoms with Crippen molar-refractivity contribution in [3.63, 3.8) is 0 Å². The van der Waals surface area contributed by atoms with Crippen molar-refractivity contribution in [3.05, 3.63) is 67.7 Å². The number of nitrogens with zero attached hydrogens (tertiary/aromatic N) is 1. The summed E-state index contributed by atoms with van der Waals surface area (Å²) in [7, 11) is 0. The summed E-state index contributed by atoms with van der Waals surface area (Å²) in [5.74, 6) is -1.24. The average molecular weight is 327 g/mol. The highest BCUT2D eigenvalue weighted by atomic mass is 35.5. The summed E-state index contributed by atoms with van der Waals surface area (Å²) in [5.41, 5.74) is -0.800. The Kier molecular flexibility index (Phi) is 4.69. The van der Waals surface area contributed by atoms with E-state index in [1.165, 1.54) is 0 Å². The van der Waals surface area contributed by atoms with Crippen LogP contribution in [-0.4, -0.2) is 14.5 Å². The highest BCUT2D eigenvalue weighted by Gasteiger charge is 2.15. The molecule has 0 bridgehead atoms. The van der Waals surface area contributed by atoms with Gasteiger partial charge >= 0.3 is 5.69 Å². The van der Waals surface area contributed by atoms with E-state index in [1.807, 2.05) is 24.0 Å². The van der Waals surface area contributed by atoms with Crippen molar-refractivity contribution < 1.29 is 4.39 Å². The minimum atomic E-state index is -1.05. The maximum absolute atomic E-state index is 13.3. The van der Waals surface area contributed by atoms with E-state index in [1.54, 1.807) is 12.1 Å². The Morgan fingerprint density at radius 3 is 2.62 bits per heavy atom. The van der Waals surface area contributed by atoms with Crippen LogP contribution in [0.15, 0.2) is 40.1 Å². The van der Waals surface area contributed by atoms with Gasteiger partial charge in [-0.25, -0.2) is 4.79 Å². The molecule has 1 atom stereocenters. The Labute approximate surface area is 130 Å². The Morgan fingerprint density at radius 2 is 2.00 bits per heavy atom. The molecule has 0 amide bonds. The summed E-state index contributed by atoms with van der Waals surface area (Å²) in [5, 5.41) is 0.632. The molecule has 1 aromatic heterocycles. The van der Waals surface area contributed by atoms with Crippen LogP contribution in [0.25, 0.3) is 0 Å². The Hall–Kier alpha value is -1.79. The quantitative estimate of drug-likeness (QED) is 0.881. The summed E-state index contributed by atoms with van der Waals surface area (Å²) in [4.78, 5) is 24.8. The van der Waals surface area contributed by atoms with Crippen molar-refractivity contribution in [2.45, 2.75) is 13.3 Å². The molecule has 1 N–H and O–H groups in total. The summed E-state index contributed by atoms with van der Waals surface area (Å²) >= 11 is 11.0. The predicted molar refractivity (Wildman–Crippen MR) is 83.6 cm³/mol. The van der Waals surface area contributed by atoms with E-state index >= 15 is 0 Å². The maximum atomic E-state index is 13.3. The fourth-order valence-electron chi connectivity index (χ4n) is 1.91. The molecule has 0 radical (unpaired) electrons. The summed E-state index contributed by atoms with van der Waals surface area (Å²) in [6, 6.07) is 7.24. The largest absolute Gasteiger partial charge is 0.333 e. The molecule has 0 aliphatic rings. The van der Waals surface area contributed by atoms with E-state index < -0.39 is 17.1 Å². The molecule has 7 heteroatoms. The molecule has 2 rings (SSSR count). The van der Waals surface area contributed by atoms with Crippen LogP contribution < -0.4 is 11.2 Å². The number of aromatic nitrogens is 2. The first kappa shape index (κ1) is 15.6. The number of hydrogen-bond acceptors (Lipinski definition) is 3. The van der Waals surface area contributed by atoms with Crippen molar-refractivity contribution in [1.82, 2.24) is 9.55 Å². The van der Waals surface area contributed by atoms with Crippen molar-refractivity contribution in [2.75, 3.05) is 0 Å². The van der Waals surface area contributed by atoms with E-state index in [-0.39, 0.29) is 10.9 Å². The van der Waals surface area contributed by atoms with E-state index in [9.17, 15) is 14.0 Å². The van der Waals surface area contributed by atoms with E-state index in [4.69, 9.17) is 23.8 Å². The first-order valence-electron chi connectivity index (χ1n) is 6.18. The lowest BCUT2D eigenvalue weighted by atomic mass is 10.0. The molecule has 0 saturated carbocycles. The Bertz CT molecular complexity index is 783. The van der Waals surface area contributed by atoms with Gasteiger partial charge in [0.1, 0.15) is 0 Å². The standard InChI is InChI=1S/C14H12ClFN2O2S/c1-8(6-9-2-4-10(15)5-3-9)13(21)18-7-11(16)12(19)17-14(18)20/h2-5,7-8H,6H2,1H3,(H,17,19,20). The van der Waals surface area contributed by atoms with Crippen molar-refractivity contribution in [1.29, 1.82) is 0 Å². The molecular weight excluding hydrogens is 315 g/mol. The van der Waals surface area contributed by atoms with Crippen LogP contribution in [0.3, 0.4) is 0 Å². The van der Waals surface area contributed by atoms with Gasteiger partial charge in [0, 0.05) is 10.9 Å². The van der Waals surface area contributed by atoms with E-state index in [2.05, 4.69) is 0 Å².